The molecule has 1 unspecified atom stereocenters. The zero-order valence-electron chi connectivity index (χ0n) is 24.1. The number of hydrogen-bond donors (Lipinski definition) is 0. The van der Waals surface area contributed by atoms with Crippen molar-refractivity contribution in [2.24, 2.45) is 0 Å². The van der Waals surface area contributed by atoms with Crippen LogP contribution in [-0.4, -0.2) is 8.07 Å². The van der Waals surface area contributed by atoms with Crippen molar-refractivity contribution in [3.05, 3.63) is 130 Å². The van der Waals surface area contributed by atoms with Crippen molar-refractivity contribution < 1.29 is 16.6 Å². The van der Waals surface area contributed by atoms with Crippen LogP contribution in [0, 0.1) is 0 Å². The van der Waals surface area contributed by atoms with Crippen LogP contribution in [0.2, 0.25) is 28.9 Å². The minimum absolute atomic E-state index is 0.285. The minimum atomic E-state index is -2.87. The van der Waals surface area contributed by atoms with Crippen molar-refractivity contribution in [3.8, 4) is 0 Å². The Morgan fingerprint density at radius 3 is 1.58 bits per heavy atom. The molecule has 0 radical (unpaired) electrons. The fraction of sp³-hybridized carbons (Fsp3) is 0.389. The predicted octanol–water partition coefficient (Wildman–Crippen LogP) is 10.5. The Kier molecular flexibility index (Phi) is 8.48. The van der Waals surface area contributed by atoms with Gasteiger partial charge in [-0.25, -0.2) is 0 Å². The average molecular weight is 555 g/mol. The third-order valence-electron chi connectivity index (χ3n) is 9.76. The van der Waals surface area contributed by atoms with E-state index in [4.69, 9.17) is 0 Å². The van der Waals surface area contributed by atoms with E-state index < -0.39 is 24.7 Å². The summed E-state index contributed by atoms with van der Waals surface area (Å²) in [5.74, 6) is 0. The van der Waals surface area contributed by atoms with Gasteiger partial charge in [0.2, 0.25) is 0 Å². The fourth-order valence-electron chi connectivity index (χ4n) is 7.70. The van der Waals surface area contributed by atoms with Gasteiger partial charge in [0.05, 0.1) is 0 Å². The molecule has 1 atom stereocenters. The quantitative estimate of drug-likeness (QED) is 0.219. The van der Waals surface area contributed by atoms with Crippen LogP contribution in [0.3, 0.4) is 0 Å². The van der Waals surface area contributed by atoms with Gasteiger partial charge in [-0.1, -0.05) is 0 Å². The van der Waals surface area contributed by atoms with Crippen molar-refractivity contribution in [2.45, 2.75) is 82.6 Å². The van der Waals surface area contributed by atoms with E-state index in [0.717, 1.165) is 0 Å². The summed E-state index contributed by atoms with van der Waals surface area (Å²) in [4.78, 5) is 0. The van der Waals surface area contributed by atoms with Crippen molar-refractivity contribution in [1.29, 1.82) is 0 Å². The van der Waals surface area contributed by atoms with Crippen LogP contribution in [0.5, 0.6) is 0 Å². The summed E-state index contributed by atoms with van der Waals surface area (Å²) in [6.45, 7) is 10.3. The molecule has 0 amide bonds. The van der Waals surface area contributed by atoms with Gasteiger partial charge >= 0.3 is 238 Å². The van der Waals surface area contributed by atoms with Crippen LogP contribution in [0.4, 0.5) is 0 Å². The molecule has 0 spiro atoms. The topological polar surface area (TPSA) is 0 Å². The van der Waals surface area contributed by atoms with Crippen LogP contribution in [0.1, 0.15) is 56.2 Å². The number of hydrogen-bond acceptors (Lipinski definition) is 0. The van der Waals surface area contributed by atoms with Crippen molar-refractivity contribution >= 4 is 8.07 Å². The summed E-state index contributed by atoms with van der Waals surface area (Å²) in [6, 6.07) is 37.5. The molecule has 198 valence electrons. The van der Waals surface area contributed by atoms with Gasteiger partial charge in [-0.3, -0.25) is 0 Å². The number of rotatable bonds is 10. The van der Waals surface area contributed by atoms with Crippen LogP contribution >= 0.6 is 0 Å². The van der Waals surface area contributed by atoms with Crippen molar-refractivity contribution in [3.63, 3.8) is 0 Å². The van der Waals surface area contributed by atoms with E-state index in [9.17, 15) is 0 Å². The second-order valence-electron chi connectivity index (χ2n) is 12.9. The molecule has 0 nitrogen and oxygen atoms in total. The van der Waals surface area contributed by atoms with Gasteiger partial charge < -0.3 is 0 Å². The van der Waals surface area contributed by atoms with Gasteiger partial charge in [0.25, 0.3) is 0 Å². The molecule has 0 aliphatic heterocycles. The molecule has 0 saturated heterocycles. The van der Waals surface area contributed by atoms with Gasteiger partial charge in [-0.15, -0.1) is 0 Å². The van der Waals surface area contributed by atoms with Crippen LogP contribution in [0.25, 0.3) is 0 Å². The zero-order valence-corrected chi connectivity index (χ0v) is 26.7. The molecule has 2 heteroatoms. The molecule has 0 N–H and O–H groups in total. The summed E-state index contributed by atoms with van der Waals surface area (Å²) < 4.78 is 4.16. The predicted molar refractivity (Wildman–Crippen MR) is 165 cm³/mol. The first-order chi connectivity index (χ1) is 18.4. The first-order valence-corrected chi connectivity index (χ1v) is 22.4. The molecule has 0 saturated carbocycles. The molecule has 0 aromatic heterocycles. The Bertz CT molecular complexity index is 1170. The van der Waals surface area contributed by atoms with E-state index in [-0.39, 0.29) is 3.72 Å². The Morgan fingerprint density at radius 2 is 1.13 bits per heavy atom. The van der Waals surface area contributed by atoms with E-state index in [0.29, 0.717) is 0 Å². The summed E-state index contributed by atoms with van der Waals surface area (Å²) in [7, 11) is -1.41. The normalized spacial score (nSPS) is 19.8. The number of allylic oxidation sites excluding steroid dienone is 4. The molecule has 2 aliphatic rings. The molecular weight excluding hydrogens is 508 g/mol. The number of benzene rings is 3. The van der Waals surface area contributed by atoms with Gasteiger partial charge in [-0.2, -0.15) is 0 Å². The Hall–Kier alpha value is -1.93. The van der Waals surface area contributed by atoms with Crippen LogP contribution in [0.15, 0.2) is 114 Å². The summed E-state index contributed by atoms with van der Waals surface area (Å²) in [6.07, 6.45) is 8.26. The van der Waals surface area contributed by atoms with Gasteiger partial charge in [-0.05, 0) is 0 Å². The molecule has 0 bridgehead atoms. The van der Waals surface area contributed by atoms with Gasteiger partial charge in [0.1, 0.15) is 0 Å². The average Bonchev–Trinajstić information content (AvgIpc) is 3.22. The van der Waals surface area contributed by atoms with E-state index in [1.165, 1.54) is 51.9 Å². The van der Waals surface area contributed by atoms with Gasteiger partial charge in [0.15, 0.2) is 0 Å². The third kappa shape index (κ3) is 5.67. The van der Waals surface area contributed by atoms with Crippen molar-refractivity contribution in [1.82, 2.24) is 0 Å². The first-order valence-electron chi connectivity index (χ1n) is 14.9. The first kappa shape index (κ1) is 27.6. The van der Waals surface area contributed by atoms with Crippen molar-refractivity contribution in [2.75, 3.05) is 0 Å². The molecule has 0 heterocycles. The summed E-state index contributed by atoms with van der Waals surface area (Å²) >= 11 is -2.87. The second-order valence-corrected chi connectivity index (χ2v) is 25.4. The summed E-state index contributed by atoms with van der Waals surface area (Å²) in [5, 5.41) is 0. The maximum absolute atomic E-state index is 2.90. The second kappa shape index (κ2) is 11.7. The van der Waals surface area contributed by atoms with E-state index in [1.54, 1.807) is 27.8 Å². The molecule has 3 aromatic rings. The fourth-order valence-corrected chi connectivity index (χ4v) is 23.2. The Morgan fingerprint density at radius 1 is 0.684 bits per heavy atom. The summed E-state index contributed by atoms with van der Waals surface area (Å²) in [5.41, 5.74) is 9.98. The molecule has 2 aliphatic carbocycles. The SMILES string of the molecule is CC[Si](C)(C)C[C]1([Ti]([CH2]c2ccccc2)([CH2]c2ccccc2)[CH2]c2ccccc2)C=C(C)C2=C1CCCC2. The zero-order chi connectivity index (χ0) is 26.6. The molecule has 0 fully saturated rings. The van der Waals surface area contributed by atoms with Crippen LogP contribution < -0.4 is 0 Å². The standard InChI is InChI=1S/C15H25Si.3C7H7.Ti/c1-5-16(3,4)11-13-10-12(2)14-8-6-7-9-15(13)14;3*1-7-5-3-2-4-6-7;/h10H,5-9,11H2,1-4H3;3*2-6H,1H2;. The molecule has 3 aromatic carbocycles. The van der Waals surface area contributed by atoms with E-state index >= 15 is 0 Å². The molecule has 38 heavy (non-hydrogen) atoms. The monoisotopic (exact) mass is 554 g/mol. The molecule has 5 rings (SSSR count). The Balaban J connectivity index is 1.79. The Labute approximate surface area is 236 Å². The van der Waals surface area contributed by atoms with E-state index in [2.05, 4.69) is 124 Å². The maximum atomic E-state index is 2.90. The van der Waals surface area contributed by atoms with E-state index in [1.807, 2.05) is 5.57 Å². The van der Waals surface area contributed by atoms with Gasteiger partial charge in [0, 0.05) is 0 Å². The third-order valence-corrected chi connectivity index (χ3v) is 22.8. The molecular formula is C36H46SiTi. The van der Waals surface area contributed by atoms with Crippen LogP contribution in [-0.2, 0) is 30.8 Å².